The first-order chi connectivity index (χ1) is 26.2. The molecule has 0 fully saturated rings. The number of hydrogen-bond donors (Lipinski definition) is 3. The van der Waals surface area contributed by atoms with Crippen molar-refractivity contribution in [3.63, 3.8) is 0 Å². The van der Waals surface area contributed by atoms with Crippen LogP contribution in [-0.2, 0) is 33.4 Å². The summed E-state index contributed by atoms with van der Waals surface area (Å²) < 4.78 is 16.4. The largest absolute Gasteiger partial charge is 0.465 e. The summed E-state index contributed by atoms with van der Waals surface area (Å²) in [6, 6.07) is 0. The molecule has 0 aromatic rings. The number of aliphatic imine (C=N–C) groups is 1. The number of ether oxygens (including phenoxy) is 3. The molecular formula is C43H84N4O7. The summed E-state index contributed by atoms with van der Waals surface area (Å²) >= 11 is 0. The molecule has 0 spiro atoms. The number of nitrogens with one attached hydrogen (secondary N) is 1. The molecule has 2 atom stereocenters. The number of carbonyl (C=O) groups excluding carboxylic acids is 4. The maximum Gasteiger partial charge on any atom is 0.325 e. The Morgan fingerprint density at radius 2 is 0.907 bits per heavy atom. The predicted octanol–water partition coefficient (Wildman–Crippen LogP) is 9.47. The van der Waals surface area contributed by atoms with Crippen molar-refractivity contribution in [3.05, 3.63) is 0 Å². The molecule has 0 rings (SSSR count). The first-order valence-corrected chi connectivity index (χ1v) is 22.0. The average molecular weight is 769 g/mol. The average Bonchev–Trinajstić information content (AvgIpc) is 3.15. The van der Waals surface area contributed by atoms with Gasteiger partial charge in [-0.2, -0.15) is 0 Å². The van der Waals surface area contributed by atoms with Crippen molar-refractivity contribution >= 4 is 29.8 Å². The quantitative estimate of drug-likeness (QED) is 0.0185. The molecule has 0 radical (unpaired) electrons. The minimum Gasteiger partial charge on any atom is -0.465 e. The lowest BCUT2D eigenvalue weighted by Gasteiger charge is -2.16. The number of hydrogen-bond acceptors (Lipinski definition) is 8. The Balaban J connectivity index is 0. The van der Waals surface area contributed by atoms with Gasteiger partial charge in [0.25, 0.3) is 0 Å². The van der Waals surface area contributed by atoms with Crippen molar-refractivity contribution in [2.45, 2.75) is 202 Å². The van der Waals surface area contributed by atoms with E-state index in [1.807, 2.05) is 6.92 Å². The first-order valence-electron chi connectivity index (χ1n) is 22.0. The van der Waals surface area contributed by atoms with Crippen LogP contribution in [0.25, 0.3) is 0 Å². The van der Waals surface area contributed by atoms with Gasteiger partial charge in [0.15, 0.2) is 5.96 Å². The topological polar surface area (TPSA) is 172 Å². The molecule has 0 aliphatic rings. The Hall–Kier alpha value is -2.85. The molecule has 0 aliphatic heterocycles. The second-order valence-corrected chi connectivity index (χ2v) is 14.5. The molecule has 0 saturated carbocycles. The van der Waals surface area contributed by atoms with Crippen molar-refractivity contribution in [2.24, 2.45) is 28.3 Å². The summed E-state index contributed by atoms with van der Waals surface area (Å²) in [6.07, 6.45) is 26.0. The molecule has 0 bridgehead atoms. The Labute approximate surface area is 330 Å². The van der Waals surface area contributed by atoms with E-state index in [9.17, 15) is 19.2 Å². The van der Waals surface area contributed by atoms with Gasteiger partial charge < -0.3 is 31.0 Å². The zero-order valence-corrected chi connectivity index (χ0v) is 35.5. The van der Waals surface area contributed by atoms with Crippen molar-refractivity contribution in [1.29, 1.82) is 0 Å². The van der Waals surface area contributed by atoms with E-state index < -0.39 is 5.97 Å². The Bertz CT molecular complexity index is 927. The van der Waals surface area contributed by atoms with Gasteiger partial charge in [-0.25, -0.2) is 0 Å². The highest BCUT2D eigenvalue weighted by Gasteiger charge is 2.20. The molecule has 0 saturated heterocycles. The second kappa shape index (κ2) is 41.3. The van der Waals surface area contributed by atoms with Gasteiger partial charge in [-0.3, -0.25) is 24.2 Å². The Kier molecular flexibility index (Phi) is 40.7. The molecule has 11 heteroatoms. The molecule has 2 unspecified atom stereocenters. The zero-order valence-electron chi connectivity index (χ0n) is 35.5. The highest BCUT2D eigenvalue weighted by Crippen LogP contribution is 2.21. The van der Waals surface area contributed by atoms with E-state index in [1.54, 1.807) is 0 Å². The molecule has 11 nitrogen and oxygen atoms in total. The fourth-order valence-corrected chi connectivity index (χ4v) is 6.12. The molecular weight excluding hydrogens is 684 g/mol. The molecule has 5 N–H and O–H groups in total. The van der Waals surface area contributed by atoms with Gasteiger partial charge in [0.1, 0.15) is 6.54 Å². The third-order valence-electron chi connectivity index (χ3n) is 9.38. The lowest BCUT2D eigenvalue weighted by atomic mass is 9.94. The van der Waals surface area contributed by atoms with E-state index >= 15 is 0 Å². The fourth-order valence-electron chi connectivity index (χ4n) is 6.12. The normalized spacial score (nSPS) is 11.8. The summed E-state index contributed by atoms with van der Waals surface area (Å²) in [6.45, 7) is 12.3. The van der Waals surface area contributed by atoms with Gasteiger partial charge in [0, 0.05) is 13.0 Å². The third kappa shape index (κ3) is 37.5. The minimum atomic E-state index is -0.430. The smallest absolute Gasteiger partial charge is 0.325 e. The summed E-state index contributed by atoms with van der Waals surface area (Å²) in [7, 11) is 0. The van der Waals surface area contributed by atoms with E-state index in [4.69, 9.17) is 25.7 Å². The van der Waals surface area contributed by atoms with Gasteiger partial charge in [-0.15, -0.1) is 0 Å². The van der Waals surface area contributed by atoms with Crippen LogP contribution < -0.4 is 16.8 Å². The monoisotopic (exact) mass is 769 g/mol. The summed E-state index contributed by atoms with van der Waals surface area (Å²) in [5.74, 6) is -0.505. The third-order valence-corrected chi connectivity index (χ3v) is 9.38. The lowest BCUT2D eigenvalue weighted by molar-refractivity contribution is -0.150. The van der Waals surface area contributed by atoms with Crippen LogP contribution >= 0.6 is 0 Å². The van der Waals surface area contributed by atoms with Crippen molar-refractivity contribution in [1.82, 2.24) is 5.32 Å². The summed E-state index contributed by atoms with van der Waals surface area (Å²) in [5, 5.41) is 2.63. The summed E-state index contributed by atoms with van der Waals surface area (Å²) in [4.78, 5) is 52.8. The van der Waals surface area contributed by atoms with Crippen LogP contribution in [0.2, 0.25) is 0 Å². The van der Waals surface area contributed by atoms with Gasteiger partial charge in [0.2, 0.25) is 5.91 Å². The molecule has 0 aliphatic carbocycles. The van der Waals surface area contributed by atoms with E-state index in [0.717, 1.165) is 103 Å². The van der Waals surface area contributed by atoms with E-state index in [2.05, 4.69) is 38.0 Å². The Morgan fingerprint density at radius 1 is 0.500 bits per heavy atom. The molecule has 1 amide bonds. The zero-order chi connectivity index (χ0) is 40.5. The van der Waals surface area contributed by atoms with E-state index in [0.29, 0.717) is 39.2 Å². The van der Waals surface area contributed by atoms with E-state index in [-0.39, 0.29) is 42.2 Å². The van der Waals surface area contributed by atoms with Gasteiger partial charge in [-0.05, 0) is 77.6 Å². The van der Waals surface area contributed by atoms with Crippen LogP contribution in [0.1, 0.15) is 202 Å². The number of nitrogens with zero attached hydrogens (tertiary/aromatic N) is 1. The predicted molar refractivity (Wildman–Crippen MR) is 222 cm³/mol. The summed E-state index contributed by atoms with van der Waals surface area (Å²) in [5.41, 5.74) is 9.86. The van der Waals surface area contributed by atoms with Crippen LogP contribution in [0.15, 0.2) is 4.99 Å². The van der Waals surface area contributed by atoms with Crippen LogP contribution in [0.4, 0.5) is 0 Å². The van der Waals surface area contributed by atoms with Crippen LogP contribution in [-0.4, -0.2) is 62.7 Å². The van der Waals surface area contributed by atoms with Crippen molar-refractivity contribution in [3.8, 4) is 0 Å². The number of esters is 3. The van der Waals surface area contributed by atoms with Crippen LogP contribution in [0.5, 0.6) is 0 Å². The molecule has 0 aromatic heterocycles. The van der Waals surface area contributed by atoms with Crippen molar-refractivity contribution < 1.29 is 33.4 Å². The van der Waals surface area contributed by atoms with Gasteiger partial charge >= 0.3 is 17.9 Å². The first kappa shape index (κ1) is 53.3. The highest BCUT2D eigenvalue weighted by molar-refractivity contribution is 5.81. The number of amides is 1. The molecule has 0 aromatic carbocycles. The fraction of sp³-hybridized carbons (Fsp3) is 0.884. The Morgan fingerprint density at radius 3 is 1.39 bits per heavy atom. The maximum atomic E-state index is 12.8. The second-order valence-electron chi connectivity index (χ2n) is 14.5. The molecule has 54 heavy (non-hydrogen) atoms. The van der Waals surface area contributed by atoms with Crippen LogP contribution in [0, 0.1) is 11.8 Å². The number of rotatable bonds is 36. The van der Waals surface area contributed by atoms with Gasteiger partial charge in [0.05, 0.1) is 31.7 Å². The SMILES string of the molecule is CCCCCCCCC(CCCCCC)C(=O)OCCCCCCOC(=O)CNC(=O)CCCCCOC(=O)C(CCC)CCCCC.CCN=C(N)N. The lowest BCUT2D eigenvalue weighted by Crippen LogP contribution is -2.30. The minimum absolute atomic E-state index is 0.00541. The molecule has 0 heterocycles. The number of guanidine groups is 1. The van der Waals surface area contributed by atoms with Crippen molar-refractivity contribution in [2.75, 3.05) is 32.9 Å². The molecule has 318 valence electrons. The van der Waals surface area contributed by atoms with Crippen LogP contribution in [0.3, 0.4) is 0 Å². The number of unbranched alkanes of at least 4 members (excludes halogenated alkanes) is 15. The number of nitrogens with two attached hydrogens (primary N) is 2. The standard InChI is InChI=1S/C40H75NO7.C3H9N3/c1-5-9-12-14-15-21-29-36(28-20-13-10-6-2)40(45)48-32-24-17-16-23-31-46-38(43)34-41-37(42)30-22-18-25-33-47-39(44)35(26-8-4)27-19-11-7-3;1-2-6-3(4)5/h35-36H,5-34H2,1-4H3,(H,41,42);2H2,1H3,(H4,4,5,6). The van der Waals surface area contributed by atoms with E-state index in [1.165, 1.54) is 51.4 Å². The highest BCUT2D eigenvalue weighted by atomic mass is 16.5. The number of carbonyl (C=O) groups is 4. The van der Waals surface area contributed by atoms with Gasteiger partial charge in [-0.1, -0.05) is 118 Å². The maximum absolute atomic E-state index is 12.8.